The summed E-state index contributed by atoms with van der Waals surface area (Å²) in [6.45, 7) is 3.22. The van der Waals surface area contributed by atoms with Crippen LogP contribution in [0, 0.1) is 17.2 Å². The number of carbonyl (C=O) groups excluding carboxylic acids is 1. The zero-order valence-electron chi connectivity index (χ0n) is 15.4. The van der Waals surface area contributed by atoms with E-state index in [9.17, 15) is 10.1 Å². The topological polar surface area (TPSA) is 72.3 Å². The van der Waals surface area contributed by atoms with Crippen LogP contribution in [0.3, 0.4) is 0 Å². The highest BCUT2D eigenvalue weighted by Gasteiger charge is 2.25. The van der Waals surface area contributed by atoms with E-state index in [0.717, 1.165) is 49.1 Å². The summed E-state index contributed by atoms with van der Waals surface area (Å²) in [6, 6.07) is 9.96. The summed E-state index contributed by atoms with van der Waals surface area (Å²) in [5.74, 6) is 0.244. The van der Waals surface area contributed by atoms with Crippen molar-refractivity contribution in [3.05, 3.63) is 36.0 Å². The summed E-state index contributed by atoms with van der Waals surface area (Å²) in [4.78, 5) is 21.1. The molecule has 1 N–H and O–H groups in total. The van der Waals surface area contributed by atoms with Crippen LogP contribution in [0.15, 0.2) is 30.5 Å². The number of aromatic nitrogens is 1. The molecule has 2 aromatic rings. The SMILES string of the molecule is CN(C)CCNC(=O)C1CCN(c2ccc(C#N)c3ncccc23)CC1. The molecule has 0 unspecified atom stereocenters. The molecular formula is C20H25N5O. The minimum atomic E-state index is 0.0798. The molecule has 6 nitrogen and oxygen atoms in total. The molecule has 1 aliphatic heterocycles. The van der Waals surface area contributed by atoms with E-state index in [1.807, 2.05) is 38.4 Å². The number of carbonyl (C=O) groups is 1. The van der Waals surface area contributed by atoms with Gasteiger partial charge in [0.1, 0.15) is 6.07 Å². The molecule has 0 saturated carbocycles. The normalized spacial score (nSPS) is 15.2. The summed E-state index contributed by atoms with van der Waals surface area (Å²) in [5, 5.41) is 13.3. The Morgan fingerprint density at radius 3 is 2.81 bits per heavy atom. The molecule has 1 amide bonds. The Morgan fingerprint density at radius 2 is 2.12 bits per heavy atom. The lowest BCUT2D eigenvalue weighted by atomic mass is 9.95. The first-order chi connectivity index (χ1) is 12.6. The average Bonchev–Trinajstić information content (AvgIpc) is 2.67. The number of likely N-dealkylation sites (N-methyl/N-ethyl adjacent to an activating group) is 1. The Hall–Kier alpha value is -2.65. The van der Waals surface area contributed by atoms with Crippen molar-refractivity contribution in [2.75, 3.05) is 45.2 Å². The van der Waals surface area contributed by atoms with E-state index in [2.05, 4.69) is 26.2 Å². The highest BCUT2D eigenvalue weighted by molar-refractivity contribution is 5.95. The van der Waals surface area contributed by atoms with Gasteiger partial charge in [-0.3, -0.25) is 9.78 Å². The molecule has 1 aromatic heterocycles. The fraction of sp³-hybridized carbons (Fsp3) is 0.450. The van der Waals surface area contributed by atoms with Gasteiger partial charge >= 0.3 is 0 Å². The smallest absolute Gasteiger partial charge is 0.223 e. The van der Waals surface area contributed by atoms with Crippen LogP contribution in [0.5, 0.6) is 0 Å². The number of pyridine rings is 1. The van der Waals surface area contributed by atoms with Crippen molar-refractivity contribution in [1.29, 1.82) is 5.26 Å². The molecule has 3 rings (SSSR count). The van der Waals surface area contributed by atoms with E-state index in [4.69, 9.17) is 0 Å². The Bertz CT molecular complexity index is 819. The van der Waals surface area contributed by atoms with Crippen molar-refractivity contribution in [2.24, 2.45) is 5.92 Å². The molecule has 26 heavy (non-hydrogen) atoms. The van der Waals surface area contributed by atoms with Crippen LogP contribution >= 0.6 is 0 Å². The predicted molar refractivity (Wildman–Crippen MR) is 103 cm³/mol. The highest BCUT2D eigenvalue weighted by atomic mass is 16.1. The van der Waals surface area contributed by atoms with Crippen LogP contribution < -0.4 is 10.2 Å². The molecule has 136 valence electrons. The Morgan fingerprint density at radius 1 is 1.35 bits per heavy atom. The van der Waals surface area contributed by atoms with Gasteiger partial charge in [0.15, 0.2) is 0 Å². The van der Waals surface area contributed by atoms with E-state index < -0.39 is 0 Å². The molecule has 1 saturated heterocycles. The van der Waals surface area contributed by atoms with Gasteiger partial charge in [0.2, 0.25) is 5.91 Å². The Kier molecular flexibility index (Phi) is 5.69. The number of nitrogens with zero attached hydrogens (tertiary/aromatic N) is 4. The monoisotopic (exact) mass is 351 g/mol. The zero-order chi connectivity index (χ0) is 18.5. The second-order valence-electron chi connectivity index (χ2n) is 7.00. The number of benzene rings is 1. The molecule has 2 heterocycles. The van der Waals surface area contributed by atoms with Gasteiger partial charge in [0, 0.05) is 49.4 Å². The van der Waals surface area contributed by atoms with Crippen LogP contribution in [0.1, 0.15) is 18.4 Å². The van der Waals surface area contributed by atoms with E-state index in [1.54, 1.807) is 6.20 Å². The summed E-state index contributed by atoms with van der Waals surface area (Å²) in [7, 11) is 4.00. The molecule has 0 aliphatic carbocycles. The van der Waals surface area contributed by atoms with Gasteiger partial charge in [-0.15, -0.1) is 0 Å². The third kappa shape index (κ3) is 3.94. The number of amides is 1. The second kappa shape index (κ2) is 8.15. The molecule has 0 spiro atoms. The van der Waals surface area contributed by atoms with Crippen LogP contribution in [-0.2, 0) is 4.79 Å². The minimum Gasteiger partial charge on any atom is -0.371 e. The lowest BCUT2D eigenvalue weighted by Gasteiger charge is -2.33. The average molecular weight is 351 g/mol. The fourth-order valence-corrected chi connectivity index (χ4v) is 3.45. The van der Waals surface area contributed by atoms with E-state index in [1.165, 1.54) is 0 Å². The van der Waals surface area contributed by atoms with Gasteiger partial charge in [-0.2, -0.15) is 5.26 Å². The maximum absolute atomic E-state index is 12.3. The quantitative estimate of drug-likeness (QED) is 0.892. The van der Waals surface area contributed by atoms with Crippen molar-refractivity contribution < 1.29 is 4.79 Å². The predicted octanol–water partition coefficient (Wildman–Crippen LogP) is 2.00. The number of hydrogen-bond donors (Lipinski definition) is 1. The van der Waals surface area contributed by atoms with Gasteiger partial charge in [-0.25, -0.2) is 0 Å². The number of hydrogen-bond acceptors (Lipinski definition) is 5. The Balaban J connectivity index is 1.66. The van der Waals surface area contributed by atoms with Crippen LogP contribution in [0.2, 0.25) is 0 Å². The zero-order valence-corrected chi connectivity index (χ0v) is 15.4. The maximum atomic E-state index is 12.3. The molecule has 0 radical (unpaired) electrons. The standard InChI is InChI=1S/C20H25N5O/c1-24(2)13-10-23-20(26)15-7-11-25(12-8-15)18-6-5-16(14-21)19-17(18)4-3-9-22-19/h3-6,9,15H,7-8,10-13H2,1-2H3,(H,23,26). The van der Waals surface area contributed by atoms with E-state index in [0.29, 0.717) is 12.1 Å². The third-order valence-corrected chi connectivity index (χ3v) is 4.93. The maximum Gasteiger partial charge on any atom is 0.223 e. The van der Waals surface area contributed by atoms with Crippen LogP contribution in [0.25, 0.3) is 10.9 Å². The lowest BCUT2D eigenvalue weighted by Crippen LogP contribution is -2.42. The summed E-state index contributed by atoms with van der Waals surface area (Å²) in [6.07, 6.45) is 3.41. The van der Waals surface area contributed by atoms with Gasteiger partial charge in [-0.1, -0.05) is 0 Å². The number of nitriles is 1. The first-order valence-corrected chi connectivity index (χ1v) is 9.05. The summed E-state index contributed by atoms with van der Waals surface area (Å²) in [5.41, 5.74) is 2.44. The van der Waals surface area contributed by atoms with Gasteiger partial charge in [0.25, 0.3) is 0 Å². The number of rotatable bonds is 5. The first kappa shape index (κ1) is 18.2. The number of fused-ring (bicyclic) bond motifs is 1. The second-order valence-corrected chi connectivity index (χ2v) is 7.00. The molecule has 1 aliphatic rings. The molecule has 1 fully saturated rings. The third-order valence-electron chi connectivity index (χ3n) is 4.93. The highest BCUT2D eigenvalue weighted by Crippen LogP contribution is 2.31. The molecule has 1 aromatic carbocycles. The molecular weight excluding hydrogens is 326 g/mol. The van der Waals surface area contributed by atoms with Crippen LogP contribution in [-0.4, -0.2) is 56.1 Å². The van der Waals surface area contributed by atoms with E-state index in [-0.39, 0.29) is 11.8 Å². The number of piperidine rings is 1. The largest absolute Gasteiger partial charge is 0.371 e. The van der Waals surface area contributed by atoms with Gasteiger partial charge < -0.3 is 15.1 Å². The number of nitrogens with one attached hydrogen (secondary N) is 1. The molecule has 0 atom stereocenters. The van der Waals surface area contributed by atoms with Gasteiger partial charge in [0.05, 0.1) is 11.1 Å². The summed E-state index contributed by atoms with van der Waals surface area (Å²) >= 11 is 0. The summed E-state index contributed by atoms with van der Waals surface area (Å²) < 4.78 is 0. The molecule has 0 bridgehead atoms. The van der Waals surface area contributed by atoms with Crippen molar-refractivity contribution in [3.8, 4) is 6.07 Å². The first-order valence-electron chi connectivity index (χ1n) is 9.05. The lowest BCUT2D eigenvalue weighted by molar-refractivity contribution is -0.125. The Labute approximate surface area is 154 Å². The number of anilines is 1. The van der Waals surface area contributed by atoms with Crippen LogP contribution in [0.4, 0.5) is 5.69 Å². The van der Waals surface area contributed by atoms with E-state index >= 15 is 0 Å². The molecule has 6 heteroatoms. The van der Waals surface area contributed by atoms with Crippen molar-refractivity contribution in [1.82, 2.24) is 15.2 Å². The van der Waals surface area contributed by atoms with Crippen molar-refractivity contribution in [3.63, 3.8) is 0 Å². The fourth-order valence-electron chi connectivity index (χ4n) is 3.45. The van der Waals surface area contributed by atoms with Crippen molar-refractivity contribution >= 4 is 22.5 Å². The minimum absolute atomic E-state index is 0.0798. The van der Waals surface area contributed by atoms with Gasteiger partial charge in [-0.05, 0) is 51.2 Å². The van der Waals surface area contributed by atoms with Crippen molar-refractivity contribution in [2.45, 2.75) is 12.8 Å².